The molecule has 1 heterocycles. The average molecular weight is 187 g/mol. The summed E-state index contributed by atoms with van der Waals surface area (Å²) >= 11 is 0. The Balaban J connectivity index is 0.000000720. The first kappa shape index (κ1) is 9.59. The molecule has 0 radical (unpaired) electrons. The van der Waals surface area contributed by atoms with E-state index in [-0.39, 0.29) is 12.4 Å². The van der Waals surface area contributed by atoms with E-state index in [2.05, 4.69) is 18.5 Å². The molecule has 12 heavy (non-hydrogen) atoms. The zero-order valence-corrected chi connectivity index (χ0v) is 8.05. The van der Waals surface area contributed by atoms with Gasteiger partial charge in [0.2, 0.25) is 0 Å². The molecule has 1 saturated carbocycles. The minimum absolute atomic E-state index is 0. The average Bonchev–Trinajstić information content (AvgIpc) is 2.61. The van der Waals surface area contributed by atoms with E-state index in [1.165, 1.54) is 0 Å². The Labute approximate surface area is 79.3 Å². The predicted octanol–water partition coefficient (Wildman–Crippen LogP) is 1.61. The van der Waals surface area contributed by atoms with Crippen molar-refractivity contribution in [2.45, 2.75) is 19.4 Å². The number of fused-ring (bicyclic) bond motifs is 1. The van der Waals surface area contributed by atoms with Gasteiger partial charge in [-0.2, -0.15) is 0 Å². The molecule has 1 fully saturated rings. The molecule has 0 bridgehead atoms. The van der Waals surface area contributed by atoms with Crippen molar-refractivity contribution >= 4 is 18.2 Å². The van der Waals surface area contributed by atoms with Crippen LogP contribution in [0.15, 0.2) is 17.6 Å². The van der Waals surface area contributed by atoms with Gasteiger partial charge in [-0.3, -0.25) is 4.99 Å². The van der Waals surface area contributed by atoms with Gasteiger partial charge >= 0.3 is 0 Å². The van der Waals surface area contributed by atoms with Crippen LogP contribution < -0.4 is 5.73 Å². The molecule has 2 nitrogen and oxygen atoms in total. The van der Waals surface area contributed by atoms with Gasteiger partial charge in [-0.15, -0.1) is 19.0 Å². The molecule has 0 spiro atoms. The van der Waals surface area contributed by atoms with E-state index in [1.807, 2.05) is 6.08 Å². The highest BCUT2D eigenvalue weighted by molar-refractivity contribution is 5.85. The predicted molar refractivity (Wildman–Crippen MR) is 53.6 cm³/mol. The van der Waals surface area contributed by atoms with Gasteiger partial charge < -0.3 is 5.73 Å². The number of rotatable bonds is 1. The van der Waals surface area contributed by atoms with Crippen LogP contribution in [0, 0.1) is 17.8 Å². The molecule has 4 atom stereocenters. The molecule has 1 aliphatic heterocycles. The monoisotopic (exact) mass is 186 g/mol. The Morgan fingerprint density at radius 3 is 2.92 bits per heavy atom. The van der Waals surface area contributed by atoms with E-state index >= 15 is 0 Å². The number of aliphatic imine (C=N–C) groups is 1. The first-order valence-electron chi connectivity index (χ1n) is 4.18. The van der Waals surface area contributed by atoms with Gasteiger partial charge in [-0.1, -0.05) is 13.0 Å². The Hall–Kier alpha value is -0.500. The summed E-state index contributed by atoms with van der Waals surface area (Å²) in [5.41, 5.74) is 5.67. The van der Waals surface area contributed by atoms with E-state index < -0.39 is 0 Å². The summed E-state index contributed by atoms with van der Waals surface area (Å²) in [7, 11) is 0. The van der Waals surface area contributed by atoms with E-state index in [0.29, 0.717) is 17.9 Å². The SMILES string of the molecule is C=C[C@@H]1[C@H]2N=C(N)C[C@H](C)[C@@H]12.Cl. The summed E-state index contributed by atoms with van der Waals surface area (Å²) in [5, 5.41) is 0. The topological polar surface area (TPSA) is 38.4 Å². The fourth-order valence-electron chi connectivity index (χ4n) is 2.24. The molecule has 0 aromatic rings. The van der Waals surface area contributed by atoms with E-state index in [0.717, 1.165) is 18.2 Å². The normalized spacial score (nSPS) is 43.6. The Morgan fingerprint density at radius 1 is 1.67 bits per heavy atom. The van der Waals surface area contributed by atoms with E-state index in [1.54, 1.807) is 0 Å². The van der Waals surface area contributed by atoms with Crippen LogP contribution in [0.2, 0.25) is 0 Å². The van der Waals surface area contributed by atoms with Crippen LogP contribution in [0.1, 0.15) is 13.3 Å². The van der Waals surface area contributed by atoms with E-state index in [4.69, 9.17) is 5.73 Å². The molecule has 0 aromatic carbocycles. The van der Waals surface area contributed by atoms with Crippen LogP contribution in [0.5, 0.6) is 0 Å². The second kappa shape index (κ2) is 3.09. The van der Waals surface area contributed by atoms with Crippen molar-refractivity contribution in [2.75, 3.05) is 0 Å². The Morgan fingerprint density at radius 2 is 2.33 bits per heavy atom. The maximum absolute atomic E-state index is 5.67. The summed E-state index contributed by atoms with van der Waals surface area (Å²) < 4.78 is 0. The Kier molecular flexibility index (Phi) is 2.47. The van der Waals surface area contributed by atoms with Crippen molar-refractivity contribution < 1.29 is 0 Å². The van der Waals surface area contributed by atoms with Crippen molar-refractivity contribution in [1.82, 2.24) is 0 Å². The summed E-state index contributed by atoms with van der Waals surface area (Å²) in [6, 6.07) is 0.483. The van der Waals surface area contributed by atoms with Gasteiger partial charge in [0.05, 0.1) is 11.9 Å². The van der Waals surface area contributed by atoms with Crippen molar-refractivity contribution in [3.63, 3.8) is 0 Å². The van der Waals surface area contributed by atoms with Crippen LogP contribution in [0.25, 0.3) is 0 Å². The molecule has 0 saturated heterocycles. The van der Waals surface area contributed by atoms with Crippen LogP contribution in [0.3, 0.4) is 0 Å². The standard InChI is InChI=1S/C9H14N2.ClH/c1-3-6-8-5(2)4-7(10)11-9(6)8;/h3,5-6,8-9H,1,4H2,2H3,(H2,10,11);1H/t5-,6-,8-,9+;/m0./s1. The van der Waals surface area contributed by atoms with Gasteiger partial charge in [-0.05, 0) is 11.8 Å². The summed E-state index contributed by atoms with van der Waals surface area (Å²) in [5.74, 6) is 2.91. The third kappa shape index (κ3) is 1.24. The van der Waals surface area contributed by atoms with E-state index in [9.17, 15) is 0 Å². The number of hydrogen-bond donors (Lipinski definition) is 1. The molecule has 0 aromatic heterocycles. The molecule has 2 N–H and O–H groups in total. The lowest BCUT2D eigenvalue weighted by Gasteiger charge is -2.13. The quantitative estimate of drug-likeness (QED) is 0.621. The number of hydrogen-bond acceptors (Lipinski definition) is 2. The molecule has 0 amide bonds. The second-order valence-electron chi connectivity index (χ2n) is 3.68. The summed E-state index contributed by atoms with van der Waals surface area (Å²) in [6.45, 7) is 6.05. The maximum atomic E-state index is 5.67. The van der Waals surface area contributed by atoms with Crippen LogP contribution in [0.4, 0.5) is 0 Å². The first-order valence-corrected chi connectivity index (χ1v) is 4.18. The lowest BCUT2D eigenvalue weighted by Crippen LogP contribution is -2.22. The Bertz CT molecular complexity index is 225. The van der Waals surface area contributed by atoms with Crippen molar-refractivity contribution in [2.24, 2.45) is 28.5 Å². The fraction of sp³-hybridized carbons (Fsp3) is 0.667. The zero-order chi connectivity index (χ0) is 8.01. The van der Waals surface area contributed by atoms with Crippen molar-refractivity contribution in [1.29, 1.82) is 0 Å². The number of halogens is 1. The van der Waals surface area contributed by atoms with Gasteiger partial charge in [0.15, 0.2) is 0 Å². The smallest absolute Gasteiger partial charge is 0.0943 e. The van der Waals surface area contributed by atoms with Gasteiger partial charge in [0.1, 0.15) is 0 Å². The molecular formula is C9H15ClN2. The first-order chi connectivity index (χ1) is 5.24. The highest BCUT2D eigenvalue weighted by Gasteiger charge is 2.53. The lowest BCUT2D eigenvalue weighted by molar-refractivity contribution is 0.488. The molecule has 2 rings (SSSR count). The zero-order valence-electron chi connectivity index (χ0n) is 7.23. The molecule has 2 aliphatic rings. The minimum atomic E-state index is 0. The minimum Gasteiger partial charge on any atom is -0.387 e. The fourth-order valence-corrected chi connectivity index (χ4v) is 2.24. The van der Waals surface area contributed by atoms with Gasteiger partial charge in [0.25, 0.3) is 0 Å². The molecule has 3 heteroatoms. The summed E-state index contributed by atoms with van der Waals surface area (Å²) in [6.07, 6.45) is 3.00. The van der Waals surface area contributed by atoms with Gasteiger partial charge in [-0.25, -0.2) is 0 Å². The highest BCUT2D eigenvalue weighted by Crippen LogP contribution is 2.51. The molecular weight excluding hydrogens is 172 g/mol. The number of nitrogens with zero attached hydrogens (tertiary/aromatic N) is 1. The van der Waals surface area contributed by atoms with Crippen molar-refractivity contribution in [3.05, 3.63) is 12.7 Å². The highest BCUT2D eigenvalue weighted by atomic mass is 35.5. The molecule has 68 valence electrons. The lowest BCUT2D eigenvalue weighted by atomic mass is 9.98. The summed E-state index contributed by atoms with van der Waals surface area (Å²) in [4.78, 5) is 4.38. The second-order valence-corrected chi connectivity index (χ2v) is 3.68. The largest absolute Gasteiger partial charge is 0.387 e. The van der Waals surface area contributed by atoms with Gasteiger partial charge in [0, 0.05) is 12.3 Å². The maximum Gasteiger partial charge on any atom is 0.0943 e. The molecule has 0 unspecified atom stereocenters. The number of nitrogens with two attached hydrogens (primary N) is 1. The number of amidine groups is 1. The third-order valence-corrected chi connectivity index (χ3v) is 2.87. The van der Waals surface area contributed by atoms with Crippen LogP contribution in [-0.4, -0.2) is 11.9 Å². The third-order valence-electron chi connectivity index (χ3n) is 2.87. The molecule has 1 aliphatic carbocycles. The van der Waals surface area contributed by atoms with Crippen molar-refractivity contribution in [3.8, 4) is 0 Å². The van der Waals surface area contributed by atoms with Crippen LogP contribution in [-0.2, 0) is 0 Å². The van der Waals surface area contributed by atoms with Crippen LogP contribution >= 0.6 is 12.4 Å².